The van der Waals surface area contributed by atoms with Crippen LogP contribution in [0.25, 0.3) is 0 Å². The standard InChI is InChI=1S/C12H14F3NO2S2/c1-3-10-16(18-12(13,14)15)11-8(19-4-2)5-7(17)6-9(11)20-10/h5,10H,3-4,6H2,1-2H3. The Morgan fingerprint density at radius 3 is 2.75 bits per heavy atom. The Kier molecular flexibility index (Phi) is 4.76. The summed E-state index contributed by atoms with van der Waals surface area (Å²) >= 11 is 2.64. The lowest BCUT2D eigenvalue weighted by Crippen LogP contribution is -2.35. The predicted molar refractivity (Wildman–Crippen MR) is 73.5 cm³/mol. The minimum Gasteiger partial charge on any atom is -0.294 e. The summed E-state index contributed by atoms with van der Waals surface area (Å²) in [6, 6.07) is 0. The fourth-order valence-electron chi connectivity index (χ4n) is 2.06. The number of halogens is 3. The maximum Gasteiger partial charge on any atom is 0.544 e. The Balaban J connectivity index is 2.33. The van der Waals surface area contributed by atoms with Crippen molar-refractivity contribution in [3.63, 3.8) is 0 Å². The van der Waals surface area contributed by atoms with Crippen LogP contribution in [0.4, 0.5) is 13.2 Å². The molecule has 1 aliphatic heterocycles. The molecule has 0 spiro atoms. The highest BCUT2D eigenvalue weighted by atomic mass is 32.2. The first kappa shape index (κ1) is 15.8. The summed E-state index contributed by atoms with van der Waals surface area (Å²) in [6.45, 7) is 3.68. The van der Waals surface area contributed by atoms with Gasteiger partial charge in [0.1, 0.15) is 5.37 Å². The smallest absolute Gasteiger partial charge is 0.294 e. The number of hydrogen-bond acceptors (Lipinski definition) is 5. The molecule has 1 aliphatic carbocycles. The molecule has 0 bridgehead atoms. The van der Waals surface area contributed by atoms with Gasteiger partial charge >= 0.3 is 6.36 Å². The van der Waals surface area contributed by atoms with Crippen LogP contribution >= 0.6 is 23.5 Å². The summed E-state index contributed by atoms with van der Waals surface area (Å²) in [4.78, 5) is 17.1. The van der Waals surface area contributed by atoms with Crippen molar-refractivity contribution in [3.05, 3.63) is 21.6 Å². The molecule has 112 valence electrons. The average Bonchev–Trinajstić information content (AvgIpc) is 2.65. The van der Waals surface area contributed by atoms with Crippen molar-refractivity contribution in [2.24, 2.45) is 0 Å². The minimum absolute atomic E-state index is 0.0732. The van der Waals surface area contributed by atoms with Gasteiger partial charge in [-0.1, -0.05) is 13.8 Å². The Morgan fingerprint density at radius 2 is 2.20 bits per heavy atom. The fourth-order valence-corrected chi connectivity index (χ4v) is 4.28. The van der Waals surface area contributed by atoms with E-state index >= 15 is 0 Å². The van der Waals surface area contributed by atoms with Gasteiger partial charge in [-0.05, 0) is 18.2 Å². The molecule has 0 radical (unpaired) electrons. The Hall–Kier alpha value is -0.600. The lowest BCUT2D eigenvalue weighted by Gasteiger charge is -2.28. The SMILES string of the molecule is CCSC1=CC(=O)CC2=C1N(OC(F)(F)F)C(CC)S2. The van der Waals surface area contributed by atoms with Crippen molar-refractivity contribution in [1.29, 1.82) is 0 Å². The second-order valence-corrected chi connectivity index (χ2v) is 6.78. The molecule has 0 amide bonds. The number of carbonyl (C=O) groups is 1. The molecule has 0 saturated heterocycles. The van der Waals surface area contributed by atoms with E-state index in [2.05, 4.69) is 4.84 Å². The molecule has 0 N–H and O–H groups in total. The molecule has 0 aromatic rings. The van der Waals surface area contributed by atoms with Crippen molar-refractivity contribution in [1.82, 2.24) is 5.06 Å². The van der Waals surface area contributed by atoms with Gasteiger partial charge in [-0.3, -0.25) is 4.79 Å². The molecule has 8 heteroatoms. The zero-order valence-corrected chi connectivity index (χ0v) is 12.6. The van der Waals surface area contributed by atoms with E-state index in [1.165, 1.54) is 29.6 Å². The predicted octanol–water partition coefficient (Wildman–Crippen LogP) is 4.04. The average molecular weight is 325 g/mol. The van der Waals surface area contributed by atoms with Crippen LogP contribution in [0.1, 0.15) is 26.7 Å². The molecule has 0 fully saturated rings. The number of hydrogen-bond donors (Lipinski definition) is 0. The molecule has 20 heavy (non-hydrogen) atoms. The topological polar surface area (TPSA) is 29.5 Å². The van der Waals surface area contributed by atoms with Crippen LogP contribution in [-0.2, 0) is 9.63 Å². The van der Waals surface area contributed by atoms with Gasteiger partial charge < -0.3 is 0 Å². The normalized spacial score (nSPS) is 23.2. The van der Waals surface area contributed by atoms with Gasteiger partial charge in [-0.25, -0.2) is 5.06 Å². The molecule has 2 aliphatic rings. The van der Waals surface area contributed by atoms with Gasteiger partial charge in [0.15, 0.2) is 5.78 Å². The van der Waals surface area contributed by atoms with Crippen LogP contribution in [0.3, 0.4) is 0 Å². The highest BCUT2D eigenvalue weighted by Gasteiger charge is 2.44. The first-order chi connectivity index (χ1) is 9.35. The van der Waals surface area contributed by atoms with E-state index in [-0.39, 0.29) is 12.2 Å². The van der Waals surface area contributed by atoms with E-state index in [0.717, 1.165) is 5.06 Å². The molecule has 2 rings (SSSR count). The number of allylic oxidation sites excluding steroid dienone is 2. The third-order valence-corrected chi connectivity index (χ3v) is 5.07. The van der Waals surface area contributed by atoms with Gasteiger partial charge in [-0.2, -0.15) is 4.84 Å². The first-order valence-electron chi connectivity index (χ1n) is 6.18. The summed E-state index contributed by atoms with van der Waals surface area (Å²) in [5.74, 6) is 0.605. The van der Waals surface area contributed by atoms with Crippen LogP contribution in [0.2, 0.25) is 0 Å². The zero-order valence-electron chi connectivity index (χ0n) is 11.0. The second-order valence-electron chi connectivity index (χ2n) is 4.20. The van der Waals surface area contributed by atoms with Crippen LogP contribution in [-0.4, -0.2) is 28.3 Å². The maximum atomic E-state index is 12.6. The van der Waals surface area contributed by atoms with Crippen LogP contribution in [0.5, 0.6) is 0 Å². The zero-order chi connectivity index (χ0) is 14.9. The number of ketones is 1. The lowest BCUT2D eigenvalue weighted by molar-refractivity contribution is -0.406. The monoisotopic (exact) mass is 325 g/mol. The largest absolute Gasteiger partial charge is 0.544 e. The van der Waals surface area contributed by atoms with Crippen molar-refractivity contribution in [2.75, 3.05) is 5.75 Å². The highest BCUT2D eigenvalue weighted by Crippen LogP contribution is 2.49. The molecule has 0 saturated carbocycles. The molecular formula is C12H14F3NO2S2. The Morgan fingerprint density at radius 1 is 1.50 bits per heavy atom. The molecule has 1 unspecified atom stereocenters. The Bertz CT molecular complexity index is 474. The van der Waals surface area contributed by atoms with E-state index in [4.69, 9.17) is 0 Å². The van der Waals surface area contributed by atoms with E-state index in [9.17, 15) is 18.0 Å². The van der Waals surface area contributed by atoms with E-state index in [1.807, 2.05) is 6.92 Å². The summed E-state index contributed by atoms with van der Waals surface area (Å²) in [5.41, 5.74) is 0.408. The molecule has 1 heterocycles. The Labute approximate surface area is 123 Å². The van der Waals surface area contributed by atoms with E-state index in [0.29, 0.717) is 27.7 Å². The maximum absolute atomic E-state index is 12.6. The number of carbonyl (C=O) groups excluding carboxylic acids is 1. The fraction of sp³-hybridized carbons (Fsp3) is 0.583. The number of hydroxylamine groups is 2. The lowest BCUT2D eigenvalue weighted by atomic mass is 10.1. The van der Waals surface area contributed by atoms with Crippen LogP contribution in [0, 0.1) is 0 Å². The van der Waals surface area contributed by atoms with Crippen molar-refractivity contribution >= 4 is 29.3 Å². The van der Waals surface area contributed by atoms with Crippen molar-refractivity contribution in [3.8, 4) is 0 Å². The number of rotatable bonds is 4. The van der Waals surface area contributed by atoms with Crippen molar-refractivity contribution < 1.29 is 22.8 Å². The number of alkyl halides is 3. The minimum atomic E-state index is -4.74. The van der Waals surface area contributed by atoms with Crippen LogP contribution in [0.15, 0.2) is 21.6 Å². The summed E-state index contributed by atoms with van der Waals surface area (Å²) < 4.78 is 37.7. The molecule has 0 aromatic carbocycles. The van der Waals surface area contributed by atoms with Gasteiger partial charge in [0.05, 0.1) is 5.70 Å². The third kappa shape index (κ3) is 3.35. The number of nitrogens with zero attached hydrogens (tertiary/aromatic N) is 1. The van der Waals surface area contributed by atoms with Gasteiger partial charge in [0.2, 0.25) is 0 Å². The third-order valence-electron chi connectivity index (χ3n) is 2.74. The summed E-state index contributed by atoms with van der Waals surface area (Å²) in [6.07, 6.45) is -2.67. The van der Waals surface area contributed by atoms with Gasteiger partial charge in [0, 0.05) is 16.2 Å². The van der Waals surface area contributed by atoms with Gasteiger partial charge in [-0.15, -0.1) is 36.7 Å². The quantitative estimate of drug-likeness (QED) is 0.778. The highest BCUT2D eigenvalue weighted by molar-refractivity contribution is 8.04. The molecule has 0 aromatic heterocycles. The first-order valence-corrected chi connectivity index (χ1v) is 8.04. The summed E-state index contributed by atoms with van der Waals surface area (Å²) in [7, 11) is 0. The summed E-state index contributed by atoms with van der Waals surface area (Å²) in [5, 5.41) is 0.467. The van der Waals surface area contributed by atoms with E-state index in [1.54, 1.807) is 6.92 Å². The molecular weight excluding hydrogens is 311 g/mol. The molecule has 3 nitrogen and oxygen atoms in total. The second kappa shape index (κ2) is 6.03. The van der Waals surface area contributed by atoms with Gasteiger partial charge in [0.25, 0.3) is 0 Å². The van der Waals surface area contributed by atoms with E-state index < -0.39 is 11.7 Å². The van der Waals surface area contributed by atoms with Crippen molar-refractivity contribution in [2.45, 2.75) is 38.4 Å². The number of thioether (sulfide) groups is 2. The molecule has 1 atom stereocenters. The van der Waals surface area contributed by atoms with Crippen LogP contribution < -0.4 is 0 Å².